The summed E-state index contributed by atoms with van der Waals surface area (Å²) in [5.41, 5.74) is 2.47. The van der Waals surface area contributed by atoms with Crippen LogP contribution < -0.4 is 0 Å². The van der Waals surface area contributed by atoms with Crippen LogP contribution in [0.25, 0.3) is 0 Å². The van der Waals surface area contributed by atoms with E-state index in [1.807, 2.05) is 16.8 Å². The second kappa shape index (κ2) is 6.86. The number of carbonyl (C=O) groups excluding carboxylic acids is 1. The minimum atomic E-state index is -0.232. The van der Waals surface area contributed by atoms with E-state index in [4.69, 9.17) is 0 Å². The number of rotatable bonds is 4. The number of likely N-dealkylation sites (tertiary alicyclic amines) is 1. The van der Waals surface area contributed by atoms with Crippen LogP contribution in [-0.2, 0) is 11.3 Å². The number of aryl methyl sites for hydroxylation is 1. The van der Waals surface area contributed by atoms with Gasteiger partial charge >= 0.3 is 0 Å². The van der Waals surface area contributed by atoms with Gasteiger partial charge in [0.25, 0.3) is 0 Å². The predicted octanol–water partition coefficient (Wildman–Crippen LogP) is 1.41. The molecule has 20 heavy (non-hydrogen) atoms. The number of aliphatic hydroxyl groups is 1. The lowest BCUT2D eigenvalue weighted by molar-refractivity contribution is -0.134. The Labute approximate surface area is 121 Å². The Hall–Kier alpha value is -1.39. The molecule has 4 nitrogen and oxygen atoms in total. The molecular weight excluding hydrogens is 252 g/mol. The molecule has 0 atom stereocenters. The van der Waals surface area contributed by atoms with Gasteiger partial charge in [0.2, 0.25) is 5.91 Å². The van der Waals surface area contributed by atoms with Gasteiger partial charge in [0, 0.05) is 19.6 Å². The van der Waals surface area contributed by atoms with Crippen LogP contribution in [0, 0.1) is 6.92 Å². The van der Waals surface area contributed by atoms with Crippen molar-refractivity contribution in [3.8, 4) is 0 Å². The molecule has 0 bridgehead atoms. The van der Waals surface area contributed by atoms with Crippen LogP contribution in [0.2, 0.25) is 0 Å². The highest BCUT2D eigenvalue weighted by Crippen LogP contribution is 2.11. The van der Waals surface area contributed by atoms with Crippen LogP contribution in [-0.4, -0.2) is 53.6 Å². The summed E-state index contributed by atoms with van der Waals surface area (Å²) in [6.07, 6.45) is 1.17. The predicted molar refractivity (Wildman–Crippen MR) is 79.3 cm³/mol. The van der Waals surface area contributed by atoms with E-state index in [-0.39, 0.29) is 12.0 Å². The number of amides is 1. The SMILES string of the molecule is Cc1ccc(CN(C)CC(=O)N2CCC(O)CC2)cc1. The van der Waals surface area contributed by atoms with Crippen molar-refractivity contribution in [2.75, 3.05) is 26.7 Å². The van der Waals surface area contributed by atoms with Crippen molar-refractivity contribution in [3.05, 3.63) is 35.4 Å². The van der Waals surface area contributed by atoms with E-state index in [0.29, 0.717) is 32.5 Å². The van der Waals surface area contributed by atoms with Gasteiger partial charge in [0.1, 0.15) is 0 Å². The molecule has 1 aromatic carbocycles. The van der Waals surface area contributed by atoms with Gasteiger partial charge in [-0.05, 0) is 32.4 Å². The zero-order chi connectivity index (χ0) is 14.5. The highest BCUT2D eigenvalue weighted by atomic mass is 16.3. The summed E-state index contributed by atoms with van der Waals surface area (Å²) in [5.74, 6) is 0.159. The largest absolute Gasteiger partial charge is 0.393 e. The number of likely N-dealkylation sites (N-methyl/N-ethyl adjacent to an activating group) is 1. The number of aliphatic hydroxyl groups excluding tert-OH is 1. The molecule has 1 amide bonds. The molecule has 1 saturated heterocycles. The maximum Gasteiger partial charge on any atom is 0.236 e. The molecule has 4 heteroatoms. The molecule has 1 aromatic rings. The number of hydrogen-bond acceptors (Lipinski definition) is 3. The van der Waals surface area contributed by atoms with Crippen LogP contribution in [0.15, 0.2) is 24.3 Å². The van der Waals surface area contributed by atoms with E-state index in [0.717, 1.165) is 6.54 Å². The summed E-state index contributed by atoms with van der Waals surface area (Å²) >= 11 is 0. The summed E-state index contributed by atoms with van der Waals surface area (Å²) in [4.78, 5) is 16.1. The van der Waals surface area contributed by atoms with Crippen molar-refractivity contribution in [1.29, 1.82) is 0 Å². The van der Waals surface area contributed by atoms with E-state index in [1.165, 1.54) is 11.1 Å². The first-order chi connectivity index (χ1) is 9.54. The summed E-state index contributed by atoms with van der Waals surface area (Å²) in [6.45, 7) is 4.64. The van der Waals surface area contributed by atoms with Gasteiger partial charge in [-0.3, -0.25) is 9.69 Å². The van der Waals surface area contributed by atoms with Crippen LogP contribution in [0.1, 0.15) is 24.0 Å². The third kappa shape index (κ3) is 4.32. The van der Waals surface area contributed by atoms with Gasteiger partial charge in [0.05, 0.1) is 12.6 Å². The van der Waals surface area contributed by atoms with Crippen LogP contribution in [0.4, 0.5) is 0 Å². The summed E-state index contributed by atoms with van der Waals surface area (Å²) < 4.78 is 0. The molecule has 110 valence electrons. The first-order valence-electron chi connectivity index (χ1n) is 7.24. The van der Waals surface area contributed by atoms with Crippen molar-refractivity contribution in [2.45, 2.75) is 32.4 Å². The lowest BCUT2D eigenvalue weighted by Gasteiger charge is -2.31. The van der Waals surface area contributed by atoms with Gasteiger partial charge in [-0.2, -0.15) is 0 Å². The zero-order valence-electron chi connectivity index (χ0n) is 12.4. The Balaban J connectivity index is 1.80. The maximum atomic E-state index is 12.2. The highest BCUT2D eigenvalue weighted by molar-refractivity contribution is 5.78. The molecule has 0 unspecified atom stereocenters. The van der Waals surface area contributed by atoms with Crippen molar-refractivity contribution in [3.63, 3.8) is 0 Å². The van der Waals surface area contributed by atoms with E-state index in [1.54, 1.807) is 0 Å². The Morgan fingerprint density at radius 2 is 1.90 bits per heavy atom. The molecule has 1 fully saturated rings. The fourth-order valence-electron chi connectivity index (χ4n) is 2.51. The Morgan fingerprint density at radius 3 is 2.50 bits per heavy atom. The quantitative estimate of drug-likeness (QED) is 0.904. The average Bonchev–Trinajstić information content (AvgIpc) is 2.42. The molecule has 0 spiro atoms. The van der Waals surface area contributed by atoms with Crippen LogP contribution in [0.5, 0.6) is 0 Å². The molecule has 0 radical (unpaired) electrons. The average molecular weight is 276 g/mol. The maximum absolute atomic E-state index is 12.2. The van der Waals surface area contributed by atoms with E-state index in [2.05, 4.69) is 31.2 Å². The number of carbonyl (C=O) groups is 1. The summed E-state index contributed by atoms with van der Waals surface area (Å²) in [6, 6.07) is 8.40. The van der Waals surface area contributed by atoms with Gasteiger partial charge in [-0.1, -0.05) is 29.8 Å². The minimum Gasteiger partial charge on any atom is -0.393 e. The first kappa shape index (κ1) is 15.0. The first-order valence-corrected chi connectivity index (χ1v) is 7.24. The van der Waals surface area contributed by atoms with Gasteiger partial charge in [-0.25, -0.2) is 0 Å². The molecule has 0 aromatic heterocycles. The van der Waals surface area contributed by atoms with Crippen LogP contribution in [0.3, 0.4) is 0 Å². The fourth-order valence-corrected chi connectivity index (χ4v) is 2.51. The smallest absolute Gasteiger partial charge is 0.236 e. The Morgan fingerprint density at radius 1 is 1.30 bits per heavy atom. The topological polar surface area (TPSA) is 43.8 Å². The molecule has 1 N–H and O–H groups in total. The molecule has 1 aliphatic heterocycles. The summed E-state index contributed by atoms with van der Waals surface area (Å²) in [7, 11) is 1.97. The third-order valence-corrected chi connectivity index (χ3v) is 3.80. The second-order valence-corrected chi connectivity index (χ2v) is 5.77. The lowest BCUT2D eigenvalue weighted by Crippen LogP contribution is -2.44. The van der Waals surface area contributed by atoms with Gasteiger partial charge < -0.3 is 10.0 Å². The summed E-state index contributed by atoms with van der Waals surface area (Å²) in [5, 5.41) is 9.46. The van der Waals surface area contributed by atoms with Crippen molar-refractivity contribution in [1.82, 2.24) is 9.80 Å². The lowest BCUT2D eigenvalue weighted by atomic mass is 10.1. The van der Waals surface area contributed by atoms with Crippen molar-refractivity contribution >= 4 is 5.91 Å². The molecule has 0 aliphatic carbocycles. The van der Waals surface area contributed by atoms with Crippen molar-refractivity contribution < 1.29 is 9.90 Å². The van der Waals surface area contributed by atoms with Crippen LogP contribution >= 0.6 is 0 Å². The second-order valence-electron chi connectivity index (χ2n) is 5.77. The normalized spacial score (nSPS) is 16.7. The van der Waals surface area contributed by atoms with Gasteiger partial charge in [0.15, 0.2) is 0 Å². The van der Waals surface area contributed by atoms with E-state index in [9.17, 15) is 9.90 Å². The van der Waals surface area contributed by atoms with Gasteiger partial charge in [-0.15, -0.1) is 0 Å². The third-order valence-electron chi connectivity index (χ3n) is 3.80. The standard InChI is InChI=1S/C16H24N2O2/c1-13-3-5-14(6-4-13)11-17(2)12-16(20)18-9-7-15(19)8-10-18/h3-6,15,19H,7-12H2,1-2H3. The fraction of sp³-hybridized carbons (Fsp3) is 0.562. The molecule has 1 heterocycles. The monoisotopic (exact) mass is 276 g/mol. The zero-order valence-corrected chi connectivity index (χ0v) is 12.4. The van der Waals surface area contributed by atoms with E-state index < -0.39 is 0 Å². The number of benzene rings is 1. The Bertz CT molecular complexity index is 436. The molecule has 1 aliphatic rings. The molecule has 2 rings (SSSR count). The number of nitrogens with zero attached hydrogens (tertiary/aromatic N) is 2. The number of hydrogen-bond donors (Lipinski definition) is 1. The number of piperidine rings is 1. The molecular formula is C16H24N2O2. The Kier molecular flexibility index (Phi) is 5.15. The minimum absolute atomic E-state index is 0.159. The highest BCUT2D eigenvalue weighted by Gasteiger charge is 2.21. The van der Waals surface area contributed by atoms with Crippen molar-refractivity contribution in [2.24, 2.45) is 0 Å². The van der Waals surface area contributed by atoms with E-state index >= 15 is 0 Å². The molecule has 0 saturated carbocycles.